The largest absolute Gasteiger partial charge is 0.420 e. The summed E-state index contributed by atoms with van der Waals surface area (Å²) in [5.41, 5.74) is 1.60. The standard InChI is InChI=1S/C37H41F5N4O6/c1-22(2)20-27(45-36(49)26(14-12-23-8-4-3-5-9-23)43-28(47)21-46-16-18-51-19-17-46)37(50)44-25-11-7-6-10-24(25)13-15-29(48)52-35-33(41)31(39)30(38)32(40)34(35)42/h3-11,22,26-27H,12-21H2,1-2H3,(H,43,47)(H,44,50)(H,45,49). The number of aryl methyl sites for hydroxylation is 2. The summed E-state index contributed by atoms with van der Waals surface area (Å²) >= 11 is 0. The number of nitrogens with zero attached hydrogens (tertiary/aromatic N) is 1. The SMILES string of the molecule is CC(C)CC(NC(=O)C(CCc1ccccc1)NC(=O)CN1CCOCC1)C(=O)Nc1ccccc1CCC(=O)Oc1c(F)c(F)c(F)c(F)c1F. The Morgan fingerprint density at radius 3 is 2.04 bits per heavy atom. The molecule has 3 aromatic rings. The molecule has 1 heterocycles. The monoisotopic (exact) mass is 732 g/mol. The fourth-order valence-corrected chi connectivity index (χ4v) is 5.56. The Morgan fingerprint density at radius 1 is 0.769 bits per heavy atom. The second-order valence-corrected chi connectivity index (χ2v) is 12.7. The molecule has 280 valence electrons. The minimum atomic E-state index is -2.39. The van der Waals surface area contributed by atoms with Crippen LogP contribution in [0.1, 0.15) is 44.2 Å². The van der Waals surface area contributed by atoms with Gasteiger partial charge in [0.15, 0.2) is 0 Å². The van der Waals surface area contributed by atoms with E-state index < -0.39 is 71.1 Å². The summed E-state index contributed by atoms with van der Waals surface area (Å²) in [6.07, 6.45) is 0.290. The first kappa shape index (κ1) is 39.9. The molecule has 4 rings (SSSR count). The van der Waals surface area contributed by atoms with Crippen molar-refractivity contribution in [2.45, 2.75) is 58.0 Å². The van der Waals surface area contributed by atoms with Gasteiger partial charge in [-0.2, -0.15) is 8.78 Å². The number of hydrogen-bond donors (Lipinski definition) is 3. The first-order valence-electron chi connectivity index (χ1n) is 16.9. The Morgan fingerprint density at radius 2 is 1.38 bits per heavy atom. The number of ether oxygens (including phenoxy) is 2. The Hall–Kier alpha value is -4.89. The fourth-order valence-electron chi connectivity index (χ4n) is 5.56. The number of hydrogen-bond acceptors (Lipinski definition) is 7. The van der Waals surface area contributed by atoms with Gasteiger partial charge in [-0.05, 0) is 48.8 Å². The molecule has 1 saturated heterocycles. The molecule has 1 fully saturated rings. The molecule has 3 aromatic carbocycles. The van der Waals surface area contributed by atoms with E-state index in [-0.39, 0.29) is 43.3 Å². The van der Waals surface area contributed by atoms with Crippen LogP contribution in [0.5, 0.6) is 5.75 Å². The average Bonchev–Trinajstić information content (AvgIpc) is 3.13. The number of rotatable bonds is 16. The Bertz CT molecular complexity index is 1690. The van der Waals surface area contributed by atoms with E-state index >= 15 is 0 Å². The molecule has 2 unspecified atom stereocenters. The van der Waals surface area contributed by atoms with Gasteiger partial charge in [-0.1, -0.05) is 62.4 Å². The van der Waals surface area contributed by atoms with Crippen molar-refractivity contribution in [3.8, 4) is 5.75 Å². The molecule has 0 aromatic heterocycles. The third-order valence-corrected chi connectivity index (χ3v) is 8.29. The molecule has 52 heavy (non-hydrogen) atoms. The third kappa shape index (κ3) is 11.3. The zero-order valence-electron chi connectivity index (χ0n) is 28.8. The highest BCUT2D eigenvalue weighted by molar-refractivity contribution is 5.99. The van der Waals surface area contributed by atoms with Crippen molar-refractivity contribution in [2.75, 3.05) is 38.2 Å². The third-order valence-electron chi connectivity index (χ3n) is 8.29. The number of nitrogens with one attached hydrogen (secondary N) is 3. The highest BCUT2D eigenvalue weighted by Gasteiger charge is 2.30. The van der Waals surface area contributed by atoms with Crippen LogP contribution >= 0.6 is 0 Å². The summed E-state index contributed by atoms with van der Waals surface area (Å²) in [4.78, 5) is 54.8. The molecule has 15 heteroatoms. The predicted octanol–water partition coefficient (Wildman–Crippen LogP) is 4.84. The molecule has 0 bridgehead atoms. The van der Waals surface area contributed by atoms with Crippen molar-refractivity contribution < 1.29 is 50.6 Å². The summed E-state index contributed by atoms with van der Waals surface area (Å²) < 4.78 is 78.3. The molecular weight excluding hydrogens is 691 g/mol. The van der Waals surface area contributed by atoms with Crippen LogP contribution in [0.2, 0.25) is 0 Å². The average molecular weight is 733 g/mol. The molecule has 2 atom stereocenters. The van der Waals surface area contributed by atoms with Crippen molar-refractivity contribution in [2.24, 2.45) is 5.92 Å². The van der Waals surface area contributed by atoms with Gasteiger partial charge in [0.05, 0.1) is 26.2 Å². The minimum absolute atomic E-state index is 0.0401. The Kier molecular flexibility index (Phi) is 14.6. The number of carbonyl (C=O) groups is 4. The second kappa shape index (κ2) is 19.1. The lowest BCUT2D eigenvalue weighted by atomic mass is 10.0. The summed E-state index contributed by atoms with van der Waals surface area (Å²) in [5.74, 6) is -16.0. The molecule has 0 spiro atoms. The fraction of sp³-hybridized carbons (Fsp3) is 0.405. The number of para-hydroxylation sites is 1. The lowest BCUT2D eigenvalue weighted by molar-refractivity contribution is -0.134. The van der Waals surface area contributed by atoms with Crippen molar-refractivity contribution in [3.05, 3.63) is 94.8 Å². The highest BCUT2D eigenvalue weighted by atomic mass is 19.2. The normalized spacial score (nSPS) is 14.4. The molecular formula is C37H41F5N4O6. The van der Waals surface area contributed by atoms with E-state index in [1.165, 1.54) is 6.07 Å². The summed E-state index contributed by atoms with van der Waals surface area (Å²) in [7, 11) is 0. The van der Waals surface area contributed by atoms with Gasteiger partial charge in [-0.15, -0.1) is 0 Å². The van der Waals surface area contributed by atoms with Crippen LogP contribution in [-0.4, -0.2) is 73.5 Å². The van der Waals surface area contributed by atoms with E-state index in [0.29, 0.717) is 38.3 Å². The summed E-state index contributed by atoms with van der Waals surface area (Å²) in [6, 6.07) is 13.8. The van der Waals surface area contributed by atoms with Gasteiger partial charge in [0, 0.05) is 18.8 Å². The van der Waals surface area contributed by atoms with Gasteiger partial charge >= 0.3 is 5.97 Å². The molecule has 0 radical (unpaired) electrons. The first-order valence-corrected chi connectivity index (χ1v) is 16.9. The van der Waals surface area contributed by atoms with Crippen LogP contribution in [0.4, 0.5) is 27.6 Å². The second-order valence-electron chi connectivity index (χ2n) is 12.7. The predicted molar refractivity (Wildman–Crippen MR) is 181 cm³/mol. The molecule has 3 N–H and O–H groups in total. The van der Waals surface area contributed by atoms with E-state index in [4.69, 9.17) is 4.74 Å². The van der Waals surface area contributed by atoms with Crippen molar-refractivity contribution in [1.29, 1.82) is 0 Å². The van der Waals surface area contributed by atoms with Gasteiger partial charge in [0.25, 0.3) is 0 Å². The molecule has 0 saturated carbocycles. The Labute approximate surface area is 298 Å². The maximum Gasteiger partial charge on any atom is 0.311 e. The zero-order valence-corrected chi connectivity index (χ0v) is 28.8. The van der Waals surface area contributed by atoms with E-state index in [9.17, 15) is 41.1 Å². The van der Waals surface area contributed by atoms with E-state index in [0.717, 1.165) is 5.56 Å². The van der Waals surface area contributed by atoms with Crippen LogP contribution in [-0.2, 0) is 36.8 Å². The number of morpholine rings is 1. The van der Waals surface area contributed by atoms with Crippen LogP contribution in [0.15, 0.2) is 54.6 Å². The van der Waals surface area contributed by atoms with Crippen molar-refractivity contribution in [1.82, 2.24) is 15.5 Å². The lowest BCUT2D eigenvalue weighted by Gasteiger charge is -2.28. The van der Waals surface area contributed by atoms with Crippen LogP contribution in [0, 0.1) is 35.0 Å². The number of carbonyl (C=O) groups excluding carboxylic acids is 4. The number of benzene rings is 3. The quantitative estimate of drug-likeness (QED) is 0.0633. The molecule has 3 amide bonds. The van der Waals surface area contributed by atoms with Gasteiger partial charge in [-0.25, -0.2) is 13.2 Å². The van der Waals surface area contributed by atoms with Crippen molar-refractivity contribution >= 4 is 29.4 Å². The molecule has 0 aliphatic carbocycles. The topological polar surface area (TPSA) is 126 Å². The highest BCUT2D eigenvalue weighted by Crippen LogP contribution is 2.29. The number of anilines is 1. The smallest absolute Gasteiger partial charge is 0.311 e. The number of amides is 3. The zero-order chi connectivity index (χ0) is 37.8. The lowest BCUT2D eigenvalue weighted by Crippen LogP contribution is -2.54. The van der Waals surface area contributed by atoms with Gasteiger partial charge < -0.3 is 25.4 Å². The Balaban J connectivity index is 1.43. The molecule has 1 aliphatic heterocycles. The number of halogens is 5. The first-order chi connectivity index (χ1) is 24.8. The van der Waals surface area contributed by atoms with Crippen molar-refractivity contribution in [3.63, 3.8) is 0 Å². The molecule has 1 aliphatic rings. The van der Waals surface area contributed by atoms with E-state index in [1.807, 2.05) is 49.1 Å². The van der Waals surface area contributed by atoms with Crippen LogP contribution in [0.25, 0.3) is 0 Å². The summed E-state index contributed by atoms with van der Waals surface area (Å²) in [6.45, 7) is 5.99. The maximum absolute atomic E-state index is 14.0. The van der Waals surface area contributed by atoms with Crippen LogP contribution in [0.3, 0.4) is 0 Å². The van der Waals surface area contributed by atoms with E-state index in [2.05, 4.69) is 20.7 Å². The maximum atomic E-state index is 14.0. The van der Waals surface area contributed by atoms with Gasteiger partial charge in [-0.3, -0.25) is 24.1 Å². The molecule has 10 nitrogen and oxygen atoms in total. The van der Waals surface area contributed by atoms with E-state index in [1.54, 1.807) is 18.2 Å². The number of esters is 1. The van der Waals surface area contributed by atoms with Gasteiger partial charge in [0.1, 0.15) is 12.1 Å². The minimum Gasteiger partial charge on any atom is -0.420 e. The van der Waals surface area contributed by atoms with Gasteiger partial charge in [0.2, 0.25) is 52.6 Å². The summed E-state index contributed by atoms with van der Waals surface area (Å²) in [5, 5.41) is 8.39. The van der Waals surface area contributed by atoms with Crippen LogP contribution < -0.4 is 20.7 Å².